The normalized spacial score (nSPS) is 19.6. The second-order valence-electron chi connectivity index (χ2n) is 5.37. The SMILES string of the molecule is Cc1ccc2n1-c1cccnc1OC21CCNCC1. The Morgan fingerprint density at radius 1 is 1.26 bits per heavy atom. The smallest absolute Gasteiger partial charge is 0.239 e. The summed E-state index contributed by atoms with van der Waals surface area (Å²) >= 11 is 0. The van der Waals surface area contributed by atoms with Gasteiger partial charge in [0.1, 0.15) is 5.69 Å². The van der Waals surface area contributed by atoms with Crippen molar-refractivity contribution >= 4 is 0 Å². The Morgan fingerprint density at radius 3 is 2.95 bits per heavy atom. The number of aryl methyl sites for hydroxylation is 1. The third kappa shape index (κ3) is 1.46. The molecule has 0 unspecified atom stereocenters. The molecule has 4 rings (SSSR count). The average molecular weight is 255 g/mol. The molecular formula is C15H17N3O. The molecule has 0 saturated carbocycles. The number of aromatic nitrogens is 2. The molecule has 4 nitrogen and oxygen atoms in total. The van der Waals surface area contributed by atoms with Gasteiger partial charge in [0.15, 0.2) is 5.60 Å². The van der Waals surface area contributed by atoms with E-state index in [9.17, 15) is 0 Å². The van der Waals surface area contributed by atoms with Gasteiger partial charge in [-0.2, -0.15) is 0 Å². The summed E-state index contributed by atoms with van der Waals surface area (Å²) in [5, 5.41) is 3.41. The first-order chi connectivity index (χ1) is 9.30. The van der Waals surface area contributed by atoms with E-state index in [4.69, 9.17) is 4.74 Å². The van der Waals surface area contributed by atoms with Gasteiger partial charge in [0.05, 0.1) is 5.69 Å². The molecule has 4 heteroatoms. The topological polar surface area (TPSA) is 39.1 Å². The Hall–Kier alpha value is -1.81. The maximum Gasteiger partial charge on any atom is 0.239 e. The molecular weight excluding hydrogens is 238 g/mol. The van der Waals surface area contributed by atoms with Crippen molar-refractivity contribution in [2.45, 2.75) is 25.4 Å². The van der Waals surface area contributed by atoms with E-state index < -0.39 is 0 Å². The van der Waals surface area contributed by atoms with Crippen LogP contribution in [0.4, 0.5) is 0 Å². The molecule has 0 aliphatic carbocycles. The van der Waals surface area contributed by atoms with Crippen molar-refractivity contribution in [1.82, 2.24) is 14.9 Å². The van der Waals surface area contributed by atoms with Gasteiger partial charge in [0.2, 0.25) is 5.88 Å². The summed E-state index contributed by atoms with van der Waals surface area (Å²) in [7, 11) is 0. The molecule has 1 fully saturated rings. The van der Waals surface area contributed by atoms with Crippen LogP contribution >= 0.6 is 0 Å². The largest absolute Gasteiger partial charge is 0.463 e. The highest BCUT2D eigenvalue weighted by molar-refractivity contribution is 5.49. The first-order valence-electron chi connectivity index (χ1n) is 6.84. The van der Waals surface area contributed by atoms with Crippen LogP contribution in [-0.2, 0) is 5.60 Å². The van der Waals surface area contributed by atoms with E-state index in [1.807, 2.05) is 6.07 Å². The zero-order valence-corrected chi connectivity index (χ0v) is 11.0. The lowest BCUT2D eigenvalue weighted by molar-refractivity contribution is 0.0154. The van der Waals surface area contributed by atoms with Crippen LogP contribution in [0.5, 0.6) is 5.88 Å². The zero-order chi connectivity index (χ0) is 12.9. The van der Waals surface area contributed by atoms with Gasteiger partial charge in [-0.15, -0.1) is 0 Å². The average Bonchev–Trinajstić information content (AvgIpc) is 2.84. The quantitative estimate of drug-likeness (QED) is 0.784. The predicted molar refractivity (Wildman–Crippen MR) is 72.7 cm³/mol. The summed E-state index contributed by atoms with van der Waals surface area (Å²) in [6, 6.07) is 8.42. The molecule has 0 radical (unpaired) electrons. The van der Waals surface area contributed by atoms with Crippen LogP contribution in [-0.4, -0.2) is 22.6 Å². The van der Waals surface area contributed by atoms with Crippen molar-refractivity contribution in [3.05, 3.63) is 41.9 Å². The van der Waals surface area contributed by atoms with Gasteiger partial charge in [-0.3, -0.25) is 0 Å². The summed E-state index contributed by atoms with van der Waals surface area (Å²) in [6.45, 7) is 4.12. The van der Waals surface area contributed by atoms with Crippen LogP contribution < -0.4 is 10.1 Å². The van der Waals surface area contributed by atoms with Gasteiger partial charge in [-0.05, 0) is 44.3 Å². The number of hydrogen-bond donors (Lipinski definition) is 1. The number of rotatable bonds is 0. The highest BCUT2D eigenvalue weighted by atomic mass is 16.5. The molecule has 0 bridgehead atoms. The number of piperidine rings is 1. The Bertz CT molecular complexity index is 626. The molecule has 2 aliphatic rings. The minimum absolute atomic E-state index is 0.207. The van der Waals surface area contributed by atoms with E-state index in [1.54, 1.807) is 6.20 Å². The van der Waals surface area contributed by atoms with Crippen molar-refractivity contribution in [3.8, 4) is 11.6 Å². The molecule has 2 aliphatic heterocycles. The third-order valence-electron chi connectivity index (χ3n) is 4.24. The van der Waals surface area contributed by atoms with Gasteiger partial charge >= 0.3 is 0 Å². The summed E-state index contributed by atoms with van der Waals surface area (Å²) < 4.78 is 8.63. The second kappa shape index (κ2) is 3.84. The molecule has 1 N–H and O–H groups in total. The molecule has 98 valence electrons. The van der Waals surface area contributed by atoms with Crippen molar-refractivity contribution in [1.29, 1.82) is 0 Å². The number of pyridine rings is 1. The molecule has 4 heterocycles. The standard InChI is InChI=1S/C15H17N3O/c1-11-4-5-13-15(6-9-16-10-7-15)19-14-12(18(11)13)3-2-8-17-14/h2-5,8,16H,6-7,9-10H2,1H3. The maximum atomic E-state index is 6.33. The van der Waals surface area contributed by atoms with E-state index in [2.05, 4.69) is 40.0 Å². The fraction of sp³-hybridized carbons (Fsp3) is 0.400. The minimum atomic E-state index is -0.207. The number of hydrogen-bond acceptors (Lipinski definition) is 3. The van der Waals surface area contributed by atoms with E-state index in [0.717, 1.165) is 37.5 Å². The molecule has 0 atom stereocenters. The monoisotopic (exact) mass is 255 g/mol. The lowest BCUT2D eigenvalue weighted by Gasteiger charge is -2.41. The highest BCUT2D eigenvalue weighted by Crippen LogP contribution is 2.43. The summed E-state index contributed by atoms with van der Waals surface area (Å²) in [5.74, 6) is 0.760. The van der Waals surface area contributed by atoms with E-state index in [0.29, 0.717) is 0 Å². The zero-order valence-electron chi connectivity index (χ0n) is 11.0. The fourth-order valence-electron chi connectivity index (χ4n) is 3.27. The molecule has 0 aromatic carbocycles. The minimum Gasteiger partial charge on any atom is -0.463 e. The van der Waals surface area contributed by atoms with Gasteiger partial charge in [-0.1, -0.05) is 0 Å². The Labute approximate surface area is 112 Å². The highest BCUT2D eigenvalue weighted by Gasteiger charge is 2.43. The fourth-order valence-corrected chi connectivity index (χ4v) is 3.27. The molecule has 1 saturated heterocycles. The first-order valence-corrected chi connectivity index (χ1v) is 6.84. The second-order valence-corrected chi connectivity index (χ2v) is 5.37. The Kier molecular flexibility index (Phi) is 2.23. The number of nitrogens with zero attached hydrogens (tertiary/aromatic N) is 2. The first kappa shape index (κ1) is 11.1. The van der Waals surface area contributed by atoms with Crippen LogP contribution in [0.1, 0.15) is 24.2 Å². The van der Waals surface area contributed by atoms with Gasteiger partial charge in [0, 0.05) is 24.7 Å². The number of ether oxygens (including phenoxy) is 1. The molecule has 1 spiro atoms. The van der Waals surface area contributed by atoms with Crippen molar-refractivity contribution < 1.29 is 4.74 Å². The van der Waals surface area contributed by atoms with Gasteiger partial charge in [-0.25, -0.2) is 4.98 Å². The summed E-state index contributed by atoms with van der Waals surface area (Å²) in [5.41, 5.74) is 3.36. The predicted octanol–water partition coefficient (Wildman–Crippen LogP) is 2.15. The molecule has 19 heavy (non-hydrogen) atoms. The van der Waals surface area contributed by atoms with Crippen LogP contribution in [0.3, 0.4) is 0 Å². The summed E-state index contributed by atoms with van der Waals surface area (Å²) in [6.07, 6.45) is 3.79. The van der Waals surface area contributed by atoms with Crippen LogP contribution in [0, 0.1) is 6.92 Å². The Balaban J connectivity index is 1.96. The van der Waals surface area contributed by atoms with E-state index >= 15 is 0 Å². The number of fused-ring (bicyclic) bond motifs is 4. The van der Waals surface area contributed by atoms with E-state index in [1.165, 1.54) is 11.4 Å². The van der Waals surface area contributed by atoms with Crippen molar-refractivity contribution in [2.24, 2.45) is 0 Å². The van der Waals surface area contributed by atoms with Crippen molar-refractivity contribution in [2.75, 3.05) is 13.1 Å². The summed E-state index contributed by atoms with van der Waals surface area (Å²) in [4.78, 5) is 4.42. The lowest BCUT2D eigenvalue weighted by Crippen LogP contribution is -2.47. The van der Waals surface area contributed by atoms with Crippen LogP contribution in [0.25, 0.3) is 5.69 Å². The molecule has 2 aromatic rings. The van der Waals surface area contributed by atoms with Gasteiger partial charge < -0.3 is 14.6 Å². The van der Waals surface area contributed by atoms with Crippen molar-refractivity contribution in [3.63, 3.8) is 0 Å². The van der Waals surface area contributed by atoms with Crippen LogP contribution in [0.2, 0.25) is 0 Å². The van der Waals surface area contributed by atoms with Gasteiger partial charge in [0.25, 0.3) is 0 Å². The molecule has 0 amide bonds. The number of nitrogens with one attached hydrogen (secondary N) is 1. The van der Waals surface area contributed by atoms with Crippen LogP contribution in [0.15, 0.2) is 30.5 Å². The lowest BCUT2D eigenvalue weighted by atomic mass is 9.87. The van der Waals surface area contributed by atoms with E-state index in [-0.39, 0.29) is 5.60 Å². The third-order valence-corrected chi connectivity index (χ3v) is 4.24. The molecule has 2 aromatic heterocycles. The maximum absolute atomic E-state index is 6.33. The Morgan fingerprint density at radius 2 is 2.11 bits per heavy atom.